The van der Waals surface area contributed by atoms with E-state index in [0.717, 1.165) is 99.4 Å². The van der Waals surface area contributed by atoms with Gasteiger partial charge in [0.1, 0.15) is 0 Å². The predicted molar refractivity (Wildman–Crippen MR) is 585 cm³/mol. The molecule has 0 amide bonds. The van der Waals surface area contributed by atoms with Crippen LogP contribution in [0.5, 0.6) is 0 Å². The van der Waals surface area contributed by atoms with Gasteiger partial charge in [-0.1, -0.05) is 0 Å². The number of carbonyl (C=O) groups is 12. The van der Waals surface area contributed by atoms with Crippen molar-refractivity contribution in [1.29, 1.82) is 0 Å². The number of ketones is 12. The fraction of sp³-hybridized carbons (Fsp3) is 0. The molecule has 30 rings (SSSR count). The monoisotopic (exact) mass is 2610 g/mol. The molecule has 720 valence electrons. The molecule has 0 saturated carbocycles. The second kappa shape index (κ2) is 40.3. The first-order chi connectivity index (χ1) is 73.3. The van der Waals surface area contributed by atoms with E-state index in [1.807, 2.05) is 154 Å². The minimum atomic E-state index is -0.703. The maximum absolute atomic E-state index is 12.4. The fourth-order valence-corrected chi connectivity index (χ4v) is 36.5. The zero-order chi connectivity index (χ0) is 102. The molecule has 0 unspecified atom stereocenters. The first-order valence-corrected chi connectivity index (χ1v) is 62.9. The SMILES string of the molecule is O=C1C(=Cc2ccc(-n3ccc4cnccc43)[se]2)C(=O)c2cscc21.O=C1C(=Cc2ccc(-n3ccc4cnccc43)[te]2)C(=O)c2cscc21.O=C1C(=Cc2ccc(-n3ccc4cncnc43)[se]2)C(=O)c2cscc21.O=C1C(=Cc2ccc(-n3ccc4cncnc43)[te]2)C(=O)c2cscc21.O=C1C(=Cc2ccc(-n3ccc4nccnc43)[se]2)C(=O)c2cscc21.O=C1C(=Cc2ccc(-n3ccc4nccnc43)[te]2)C(=O)c2cscc21. The second-order valence-electron chi connectivity index (χ2n) is 33.7. The van der Waals surface area contributed by atoms with Gasteiger partial charge in [0.2, 0.25) is 0 Å². The van der Waals surface area contributed by atoms with E-state index in [1.54, 1.807) is 157 Å². The van der Waals surface area contributed by atoms with Crippen molar-refractivity contribution in [2.24, 2.45) is 0 Å². The van der Waals surface area contributed by atoms with E-state index in [-0.39, 0.29) is 124 Å². The van der Waals surface area contributed by atoms with E-state index in [1.165, 1.54) is 90.0 Å². The molecular weight excluding hydrogens is 2550 g/mol. The van der Waals surface area contributed by atoms with Crippen molar-refractivity contribution in [3.8, 4) is 24.8 Å². The van der Waals surface area contributed by atoms with Crippen molar-refractivity contribution >= 4 is 345 Å². The molecule has 0 saturated heterocycles. The Morgan fingerprint density at radius 3 is 0.867 bits per heavy atom. The molecule has 6 aliphatic carbocycles. The molecule has 40 heteroatoms. The topological polar surface area (TPSA) is 363 Å². The fourth-order valence-electron chi connectivity index (χ4n) is 17.7. The van der Waals surface area contributed by atoms with Crippen LogP contribution in [0.1, 0.15) is 148 Å². The van der Waals surface area contributed by atoms with Crippen molar-refractivity contribution in [1.82, 2.24) is 77.2 Å². The van der Waals surface area contributed by atoms with Gasteiger partial charge >= 0.3 is 926 Å². The Hall–Kier alpha value is -14.7. The summed E-state index contributed by atoms with van der Waals surface area (Å²) in [6.45, 7) is 0. The summed E-state index contributed by atoms with van der Waals surface area (Å²) in [5.41, 5.74) is 15.6. The molecule has 6 aliphatic rings. The molecule has 0 N–H and O–H groups in total. The first kappa shape index (κ1) is 96.2. The number of aromatic nitrogens is 16. The average Bonchev–Trinajstić information content (AvgIpc) is 1.63. The molecule has 0 fully saturated rings. The molecule has 150 heavy (non-hydrogen) atoms. The van der Waals surface area contributed by atoms with Gasteiger partial charge in [-0.15, -0.1) is 0 Å². The van der Waals surface area contributed by atoms with Gasteiger partial charge in [0.15, 0.2) is 0 Å². The molecule has 24 aromatic rings. The van der Waals surface area contributed by atoms with Crippen molar-refractivity contribution in [2.75, 3.05) is 0 Å². The van der Waals surface area contributed by atoms with E-state index in [9.17, 15) is 57.5 Å². The maximum atomic E-state index is 12.4. The Balaban J connectivity index is 0.0000000932. The van der Waals surface area contributed by atoms with Crippen LogP contribution in [0.2, 0.25) is 0 Å². The Kier molecular flexibility index (Phi) is 25.9. The zero-order valence-electron chi connectivity index (χ0n) is 76.3. The summed E-state index contributed by atoms with van der Waals surface area (Å²) in [6, 6.07) is 40.2. The molecule has 0 radical (unpaired) electrons. The molecule has 0 aromatic carbocycles. The van der Waals surface area contributed by atoms with Crippen LogP contribution in [0.4, 0.5) is 0 Å². The number of nitrogens with zero attached hydrogens (tertiary/aromatic N) is 16. The van der Waals surface area contributed by atoms with Crippen LogP contribution in [0.15, 0.2) is 331 Å². The van der Waals surface area contributed by atoms with Crippen LogP contribution in [0.3, 0.4) is 0 Å². The van der Waals surface area contributed by atoms with Crippen LogP contribution in [-0.2, 0) is 0 Å². The van der Waals surface area contributed by atoms with Gasteiger partial charge in [-0.2, -0.15) is 0 Å². The quantitative estimate of drug-likeness (QED) is 0.0623. The second-order valence-corrected chi connectivity index (χ2v) is 54.4. The summed E-state index contributed by atoms with van der Waals surface area (Å²) >= 11 is 6.33. The third-order valence-corrected chi connectivity index (χ3v) is 44.8. The molecular formula is C110H56N16O12S6Se3Te3. The number of carbonyl (C=O) groups excluding carboxylic acids is 12. The Morgan fingerprint density at radius 2 is 0.493 bits per heavy atom. The molecule has 0 atom stereocenters. The van der Waals surface area contributed by atoms with Crippen molar-refractivity contribution < 1.29 is 57.5 Å². The van der Waals surface area contributed by atoms with E-state index < -0.39 is 61.3 Å². The number of allylic oxidation sites excluding steroid dienone is 6. The number of fused-ring (bicyclic) bond motifs is 12. The average molecular weight is 2610 g/mol. The van der Waals surface area contributed by atoms with E-state index >= 15 is 0 Å². The third kappa shape index (κ3) is 17.7. The molecule has 28 nitrogen and oxygen atoms in total. The minimum absolute atomic E-state index is 0.000325. The van der Waals surface area contributed by atoms with Gasteiger partial charge < -0.3 is 0 Å². The normalized spacial score (nSPS) is 13.7. The summed E-state index contributed by atoms with van der Waals surface area (Å²) in [6.07, 6.45) is 43.2. The molecule has 24 heterocycles. The third-order valence-electron chi connectivity index (χ3n) is 25.0. The van der Waals surface area contributed by atoms with Gasteiger partial charge in [0.25, 0.3) is 0 Å². The van der Waals surface area contributed by atoms with Crippen LogP contribution >= 0.6 is 68.0 Å². The predicted octanol–water partition coefficient (Wildman–Crippen LogP) is 19.2. The first-order valence-electron chi connectivity index (χ1n) is 45.1. The van der Waals surface area contributed by atoms with Gasteiger partial charge in [0, 0.05) is 0 Å². The summed E-state index contributed by atoms with van der Waals surface area (Å²) in [4.78, 5) is 191. The number of Topliss-reactive ketones (excluding diaryl/α,β-unsaturated/α-hetero) is 12. The van der Waals surface area contributed by atoms with Crippen LogP contribution in [0, 0.1) is 0 Å². The van der Waals surface area contributed by atoms with Crippen LogP contribution in [0.25, 0.3) is 127 Å². The Labute approximate surface area is 916 Å². The van der Waals surface area contributed by atoms with Crippen LogP contribution in [-0.4, -0.2) is 251 Å². The van der Waals surface area contributed by atoms with Gasteiger partial charge in [-0.25, -0.2) is 0 Å². The number of hydrogen-bond donors (Lipinski definition) is 0. The molecule has 24 aromatic heterocycles. The van der Waals surface area contributed by atoms with Gasteiger partial charge in [0.05, 0.1) is 0 Å². The summed E-state index contributed by atoms with van der Waals surface area (Å²) in [7, 11) is 0. The summed E-state index contributed by atoms with van der Waals surface area (Å²) in [5, 5.41) is 25.2. The molecule has 0 spiro atoms. The van der Waals surface area contributed by atoms with Crippen molar-refractivity contribution in [2.45, 2.75) is 0 Å². The van der Waals surface area contributed by atoms with Gasteiger partial charge in [-0.3, -0.25) is 0 Å². The summed E-state index contributed by atoms with van der Waals surface area (Å²) in [5.74, 6) is -1.83. The number of pyridine rings is 2. The Bertz CT molecular complexity index is 8450. The zero-order valence-corrected chi connectivity index (χ0v) is 93.3. The van der Waals surface area contributed by atoms with Gasteiger partial charge in [-0.05, 0) is 0 Å². The number of hydrogen-bond acceptors (Lipinski definition) is 28. The summed E-state index contributed by atoms with van der Waals surface area (Å²) < 4.78 is 25.7. The number of rotatable bonds is 12. The van der Waals surface area contributed by atoms with Crippen molar-refractivity contribution in [3.63, 3.8) is 0 Å². The number of thiophene rings is 6. The van der Waals surface area contributed by atoms with E-state index in [4.69, 9.17) is 0 Å². The van der Waals surface area contributed by atoms with E-state index in [2.05, 4.69) is 94.0 Å². The van der Waals surface area contributed by atoms with Crippen molar-refractivity contribution in [3.05, 3.63) is 422 Å². The standard InChI is InChI=1S/C19H10N2O2SSe.C19H10N2O2STe.2C18H9N3O2SSe.2C18H9N3O2STe/c2*22-18-13(19(23)15-10-24-9-14(15)18)7-12-1-2-17(25-12)21-6-4-11-8-20-5-3-16(11)21;22-16-11(17(23)13-9-24-8-12(13)16)7-10-1-2-15(25-10)21-6-3-14-18(21)20-5-4-19-14;22-16-12(17(23)14-8-24-7-13(14)16)5-11-1-2-15(25-11)21-4-3-10-6-19-9-20-18(10)21;22-16-11(17(23)13-9-24-8-12(13)16)7-10-1-2-15(25-10)21-6-3-14-18(21)20-5-4-19-14;22-16-12(17(23)14-8-24-7-13(14)16)5-11-1-2-15(25-11)21-4-3-10-6-19-9-20-18(10)21/h2*1-10H;4*1-9H. The van der Waals surface area contributed by atoms with Crippen LogP contribution < -0.4 is 0 Å². The molecule has 0 bridgehead atoms. The molecule has 0 aliphatic heterocycles. The Morgan fingerprint density at radius 1 is 0.227 bits per heavy atom. The van der Waals surface area contributed by atoms with E-state index in [0.29, 0.717) is 89.1 Å².